The summed E-state index contributed by atoms with van der Waals surface area (Å²) in [5.41, 5.74) is 2.47. The maximum atomic E-state index is 12.3. The average molecular weight is 411 g/mol. The van der Waals surface area contributed by atoms with E-state index >= 15 is 0 Å². The highest BCUT2D eigenvalue weighted by atomic mass is 35.5. The van der Waals surface area contributed by atoms with Gasteiger partial charge in [-0.15, -0.1) is 0 Å². The summed E-state index contributed by atoms with van der Waals surface area (Å²) < 4.78 is 8.77. The predicted octanol–water partition coefficient (Wildman–Crippen LogP) is 6.41. The molecule has 1 heterocycles. The number of carbonyl (C=O) groups is 1. The van der Waals surface area contributed by atoms with Crippen LogP contribution in [-0.4, -0.2) is 18.2 Å². The van der Waals surface area contributed by atoms with Crippen LogP contribution < -0.4 is 9.62 Å². The zero-order valence-corrected chi connectivity index (χ0v) is 17.1. The number of hydrogen-bond donors (Lipinski definition) is 1. The van der Waals surface area contributed by atoms with Crippen LogP contribution in [0.3, 0.4) is 0 Å². The van der Waals surface area contributed by atoms with Crippen LogP contribution in [0.1, 0.15) is 26.3 Å². The summed E-state index contributed by atoms with van der Waals surface area (Å²) in [5.74, 6) is 0. The third kappa shape index (κ3) is 4.78. The number of anilines is 2. The number of nitrogens with one attached hydrogen (secondary N) is 1. The molecule has 0 atom stereocenters. The summed E-state index contributed by atoms with van der Waals surface area (Å²) in [7, 11) is 0. The van der Waals surface area contributed by atoms with E-state index in [1.165, 1.54) is 11.9 Å². The van der Waals surface area contributed by atoms with Gasteiger partial charge >= 0.3 is 6.09 Å². The van der Waals surface area contributed by atoms with E-state index in [1.54, 1.807) is 11.0 Å². The molecule has 1 amide bonds. The van der Waals surface area contributed by atoms with Crippen LogP contribution in [-0.2, 0) is 11.2 Å². The molecule has 1 N–H and O–H groups in total. The Morgan fingerprint density at radius 3 is 2.50 bits per heavy atom. The summed E-state index contributed by atoms with van der Waals surface area (Å²) in [6.07, 6.45) is 0.498. The van der Waals surface area contributed by atoms with Gasteiger partial charge in [0.05, 0.1) is 5.69 Å². The van der Waals surface area contributed by atoms with Crippen LogP contribution in [0.5, 0.6) is 0 Å². The predicted molar refractivity (Wildman–Crippen MR) is 110 cm³/mol. The Balaban J connectivity index is 1.69. The monoisotopic (exact) mass is 410 g/mol. The third-order valence-electron chi connectivity index (χ3n) is 3.71. The van der Waals surface area contributed by atoms with Crippen molar-refractivity contribution >= 4 is 52.6 Å². The second-order valence-corrected chi connectivity index (χ2v) is 8.79. The molecule has 26 heavy (non-hydrogen) atoms. The lowest BCUT2D eigenvalue weighted by molar-refractivity contribution is 0.0584. The lowest BCUT2D eigenvalue weighted by Crippen LogP contribution is -2.35. The van der Waals surface area contributed by atoms with Crippen LogP contribution in [0.4, 0.5) is 16.2 Å². The quantitative estimate of drug-likeness (QED) is 0.593. The van der Waals surface area contributed by atoms with E-state index in [0.717, 1.165) is 28.3 Å². The molecule has 1 aliphatic heterocycles. The summed E-state index contributed by atoms with van der Waals surface area (Å²) in [4.78, 5) is 15.0. The van der Waals surface area contributed by atoms with Crippen molar-refractivity contribution in [3.63, 3.8) is 0 Å². The molecule has 4 nitrogen and oxygen atoms in total. The molecule has 1 aliphatic rings. The summed E-state index contributed by atoms with van der Waals surface area (Å²) in [6, 6.07) is 11.3. The number of fused-ring (bicyclic) bond motifs is 1. The number of benzene rings is 2. The van der Waals surface area contributed by atoms with Gasteiger partial charge in [0.25, 0.3) is 0 Å². The van der Waals surface area contributed by atoms with Gasteiger partial charge in [0, 0.05) is 27.2 Å². The van der Waals surface area contributed by atoms with Gasteiger partial charge in [-0.05, 0) is 81.1 Å². The highest BCUT2D eigenvalue weighted by molar-refractivity contribution is 8.00. The highest BCUT2D eigenvalue weighted by Gasteiger charge is 2.28. The SMILES string of the molecule is CC(C)(C)OC(=O)N1CCc2cc(NSc3cc(Cl)cc(Cl)c3)ccc21. The second kappa shape index (κ2) is 7.59. The van der Waals surface area contributed by atoms with Gasteiger partial charge in [-0.3, -0.25) is 4.90 Å². The number of amides is 1. The van der Waals surface area contributed by atoms with Gasteiger partial charge in [0.1, 0.15) is 5.60 Å². The number of halogens is 2. The first-order chi connectivity index (χ1) is 12.2. The van der Waals surface area contributed by atoms with Crippen molar-refractivity contribution in [2.45, 2.75) is 37.7 Å². The first kappa shape index (κ1) is 19.2. The minimum Gasteiger partial charge on any atom is -0.443 e. The van der Waals surface area contributed by atoms with Crippen molar-refractivity contribution in [1.29, 1.82) is 0 Å². The fourth-order valence-corrected chi connectivity index (χ4v) is 4.07. The smallest absolute Gasteiger partial charge is 0.414 e. The molecule has 0 saturated carbocycles. The highest BCUT2D eigenvalue weighted by Crippen LogP contribution is 2.33. The van der Waals surface area contributed by atoms with Crippen LogP contribution in [0.25, 0.3) is 0 Å². The van der Waals surface area contributed by atoms with Gasteiger partial charge in [0.2, 0.25) is 0 Å². The Morgan fingerprint density at radius 2 is 1.85 bits per heavy atom. The Labute approximate surface area is 167 Å². The van der Waals surface area contributed by atoms with E-state index in [1.807, 2.05) is 45.0 Å². The third-order valence-corrected chi connectivity index (χ3v) is 4.96. The van der Waals surface area contributed by atoms with Gasteiger partial charge < -0.3 is 9.46 Å². The van der Waals surface area contributed by atoms with Crippen molar-refractivity contribution in [2.24, 2.45) is 0 Å². The van der Waals surface area contributed by atoms with E-state index in [-0.39, 0.29) is 6.09 Å². The largest absolute Gasteiger partial charge is 0.443 e. The van der Waals surface area contributed by atoms with Crippen LogP contribution in [0, 0.1) is 0 Å². The summed E-state index contributed by atoms with van der Waals surface area (Å²) in [5, 5.41) is 1.20. The maximum Gasteiger partial charge on any atom is 0.414 e. The van der Waals surface area contributed by atoms with Gasteiger partial charge in [-0.25, -0.2) is 4.79 Å². The number of hydrogen-bond acceptors (Lipinski definition) is 4. The van der Waals surface area contributed by atoms with Gasteiger partial charge in [0.15, 0.2) is 0 Å². The zero-order chi connectivity index (χ0) is 18.9. The summed E-state index contributed by atoms with van der Waals surface area (Å²) in [6.45, 7) is 6.24. The van der Waals surface area contributed by atoms with Crippen molar-refractivity contribution < 1.29 is 9.53 Å². The molecule has 0 bridgehead atoms. The van der Waals surface area contributed by atoms with Crippen molar-refractivity contribution in [3.8, 4) is 0 Å². The molecular formula is C19H20Cl2N2O2S. The van der Waals surface area contributed by atoms with Crippen molar-refractivity contribution in [2.75, 3.05) is 16.2 Å². The fourth-order valence-electron chi connectivity index (χ4n) is 2.68. The topological polar surface area (TPSA) is 41.6 Å². The van der Waals surface area contributed by atoms with E-state index in [0.29, 0.717) is 16.6 Å². The standard InChI is InChI=1S/C19H20Cl2N2O2S/c1-19(2,3)25-18(24)23-7-6-12-8-15(4-5-17(12)23)22-26-16-10-13(20)9-14(21)11-16/h4-5,8-11,22H,6-7H2,1-3H3. The number of carbonyl (C=O) groups excluding carboxylic acids is 1. The van der Waals surface area contributed by atoms with E-state index < -0.39 is 5.60 Å². The van der Waals surface area contributed by atoms with Crippen molar-refractivity contribution in [3.05, 3.63) is 52.0 Å². The van der Waals surface area contributed by atoms with Crippen molar-refractivity contribution in [1.82, 2.24) is 0 Å². The average Bonchev–Trinajstić information content (AvgIpc) is 2.93. The Morgan fingerprint density at radius 1 is 1.15 bits per heavy atom. The maximum absolute atomic E-state index is 12.3. The molecule has 7 heteroatoms. The molecule has 0 aromatic heterocycles. The lowest BCUT2D eigenvalue weighted by atomic mass is 10.1. The molecule has 0 fully saturated rings. The molecule has 0 saturated heterocycles. The van der Waals surface area contributed by atoms with E-state index in [4.69, 9.17) is 27.9 Å². The molecular weight excluding hydrogens is 391 g/mol. The van der Waals surface area contributed by atoms with Crippen LogP contribution in [0.15, 0.2) is 41.3 Å². The number of nitrogens with zero attached hydrogens (tertiary/aromatic N) is 1. The van der Waals surface area contributed by atoms with Gasteiger partial charge in [-0.1, -0.05) is 23.2 Å². The normalized spacial score (nSPS) is 13.5. The molecule has 0 radical (unpaired) electrons. The molecule has 138 valence electrons. The Kier molecular flexibility index (Phi) is 5.61. The molecule has 0 spiro atoms. The Hall–Kier alpha value is -1.56. The molecule has 0 unspecified atom stereocenters. The minimum absolute atomic E-state index is 0.306. The first-order valence-corrected chi connectivity index (χ1v) is 9.81. The molecule has 2 aromatic rings. The Bertz CT molecular complexity index is 817. The molecule has 2 aromatic carbocycles. The van der Waals surface area contributed by atoms with E-state index in [2.05, 4.69) is 10.8 Å². The molecule has 0 aliphatic carbocycles. The number of ether oxygens (including phenoxy) is 1. The van der Waals surface area contributed by atoms with Crippen LogP contribution >= 0.6 is 35.1 Å². The minimum atomic E-state index is -0.504. The fraction of sp³-hybridized carbons (Fsp3) is 0.316. The second-order valence-electron chi connectivity index (χ2n) is 7.03. The lowest BCUT2D eigenvalue weighted by Gasteiger charge is -2.24. The first-order valence-electron chi connectivity index (χ1n) is 8.24. The summed E-state index contributed by atoms with van der Waals surface area (Å²) >= 11 is 13.5. The van der Waals surface area contributed by atoms with Crippen LogP contribution in [0.2, 0.25) is 10.0 Å². The molecule has 3 rings (SSSR count). The zero-order valence-electron chi connectivity index (χ0n) is 14.8. The van der Waals surface area contributed by atoms with E-state index in [9.17, 15) is 4.79 Å². The number of rotatable bonds is 3. The van der Waals surface area contributed by atoms with Gasteiger partial charge in [-0.2, -0.15) is 0 Å².